The van der Waals surface area contributed by atoms with E-state index < -0.39 is 0 Å². The van der Waals surface area contributed by atoms with Crippen molar-refractivity contribution < 1.29 is 0 Å². The van der Waals surface area contributed by atoms with E-state index in [0.717, 1.165) is 11.8 Å². The van der Waals surface area contributed by atoms with Crippen LogP contribution in [0.1, 0.15) is 117 Å². The van der Waals surface area contributed by atoms with Crippen LogP contribution in [-0.2, 0) is 0 Å². The van der Waals surface area contributed by atoms with Crippen LogP contribution in [0.5, 0.6) is 0 Å². The Hall–Kier alpha value is -0.520. The third-order valence-corrected chi connectivity index (χ3v) is 5.41. The first kappa shape index (κ1) is 23.5. The van der Waals surface area contributed by atoms with Gasteiger partial charge in [0.1, 0.15) is 0 Å². The largest absolute Gasteiger partial charge is 0.103 e. The second-order valence-corrected chi connectivity index (χ2v) is 7.98. The average Bonchev–Trinajstić information content (AvgIpc) is 2.57. The fourth-order valence-corrected chi connectivity index (χ4v) is 3.62. The van der Waals surface area contributed by atoms with Crippen LogP contribution in [0, 0.1) is 11.8 Å². The van der Waals surface area contributed by atoms with Gasteiger partial charge in [-0.15, -0.1) is 13.2 Å². The minimum atomic E-state index is 0.866. The van der Waals surface area contributed by atoms with Crippen molar-refractivity contribution in [1.82, 2.24) is 0 Å². The molecular weight excluding hydrogens is 288 g/mol. The molecular formula is C24H46. The average molecular weight is 335 g/mol. The first-order valence-electron chi connectivity index (χ1n) is 10.9. The summed E-state index contributed by atoms with van der Waals surface area (Å²) in [4.78, 5) is 0. The molecule has 0 aliphatic rings. The molecule has 0 saturated heterocycles. The predicted octanol–water partition coefficient (Wildman–Crippen LogP) is 8.87. The van der Waals surface area contributed by atoms with E-state index in [1.807, 2.05) is 0 Å². The van der Waals surface area contributed by atoms with Crippen molar-refractivity contribution >= 4 is 0 Å². The van der Waals surface area contributed by atoms with Crippen LogP contribution in [0.4, 0.5) is 0 Å². The van der Waals surface area contributed by atoms with Crippen molar-refractivity contribution in [2.24, 2.45) is 11.8 Å². The molecule has 0 aromatic rings. The Morgan fingerprint density at radius 1 is 0.542 bits per heavy atom. The molecule has 0 radical (unpaired) electrons. The molecule has 0 heterocycles. The van der Waals surface area contributed by atoms with Gasteiger partial charge in [-0.1, -0.05) is 103 Å². The minimum absolute atomic E-state index is 0.866. The maximum absolute atomic E-state index is 3.79. The summed E-state index contributed by atoms with van der Waals surface area (Å²) in [5.41, 5.74) is 0. The van der Waals surface area contributed by atoms with E-state index in [-0.39, 0.29) is 0 Å². The van der Waals surface area contributed by atoms with Gasteiger partial charge in [0.15, 0.2) is 0 Å². The zero-order valence-corrected chi connectivity index (χ0v) is 17.0. The topological polar surface area (TPSA) is 0 Å². The lowest BCUT2D eigenvalue weighted by Gasteiger charge is -2.20. The summed E-state index contributed by atoms with van der Waals surface area (Å²) in [7, 11) is 0. The van der Waals surface area contributed by atoms with Crippen LogP contribution >= 0.6 is 0 Å². The molecule has 0 N–H and O–H groups in total. The molecule has 24 heavy (non-hydrogen) atoms. The van der Waals surface area contributed by atoms with E-state index in [4.69, 9.17) is 0 Å². The maximum atomic E-state index is 3.79. The van der Waals surface area contributed by atoms with Crippen LogP contribution < -0.4 is 0 Å². The fourth-order valence-electron chi connectivity index (χ4n) is 3.62. The van der Waals surface area contributed by atoms with Crippen molar-refractivity contribution in [2.75, 3.05) is 0 Å². The zero-order chi connectivity index (χ0) is 17.9. The Labute approximate surface area is 154 Å². The highest BCUT2D eigenvalue weighted by Gasteiger charge is 2.12. The normalized spacial score (nSPS) is 11.3. The molecule has 142 valence electrons. The van der Waals surface area contributed by atoms with Gasteiger partial charge in [0.2, 0.25) is 0 Å². The van der Waals surface area contributed by atoms with Gasteiger partial charge in [0, 0.05) is 0 Å². The molecule has 0 aliphatic carbocycles. The Bertz CT molecular complexity index is 239. The quantitative estimate of drug-likeness (QED) is 0.163. The molecule has 0 aromatic carbocycles. The molecule has 0 amide bonds. The number of allylic oxidation sites excluding steroid dienone is 2. The van der Waals surface area contributed by atoms with Crippen LogP contribution in [0.2, 0.25) is 0 Å². The molecule has 0 unspecified atom stereocenters. The number of unbranched alkanes of at least 4 members (excludes halogenated alkanes) is 12. The maximum Gasteiger partial charge on any atom is -0.0353 e. The highest BCUT2D eigenvalue weighted by Crippen LogP contribution is 2.25. The molecule has 0 spiro atoms. The Morgan fingerprint density at radius 3 is 1.21 bits per heavy atom. The summed E-state index contributed by atoms with van der Waals surface area (Å²) < 4.78 is 0. The minimum Gasteiger partial charge on any atom is -0.103 e. The van der Waals surface area contributed by atoms with Crippen molar-refractivity contribution in [3.05, 3.63) is 25.3 Å². The van der Waals surface area contributed by atoms with E-state index >= 15 is 0 Å². The van der Waals surface area contributed by atoms with Crippen molar-refractivity contribution in [1.29, 1.82) is 0 Å². The highest BCUT2D eigenvalue weighted by molar-refractivity contribution is 4.67. The van der Waals surface area contributed by atoms with Gasteiger partial charge < -0.3 is 0 Å². The standard InChI is InChI=1S/C24H46/c1-5-7-9-11-13-15-17-19-21-24(23(3)4)22-20-18-16-14-12-10-8-6-2/h5-6,23-24H,1-2,7-22H2,3-4H3. The van der Waals surface area contributed by atoms with Crippen molar-refractivity contribution in [2.45, 2.75) is 117 Å². The highest BCUT2D eigenvalue weighted by atomic mass is 14.2. The van der Waals surface area contributed by atoms with Gasteiger partial charge in [-0.3, -0.25) is 0 Å². The van der Waals surface area contributed by atoms with Gasteiger partial charge in [0.25, 0.3) is 0 Å². The summed E-state index contributed by atoms with van der Waals surface area (Å²) in [5, 5.41) is 0. The lowest BCUT2D eigenvalue weighted by molar-refractivity contribution is 0.312. The monoisotopic (exact) mass is 334 g/mol. The van der Waals surface area contributed by atoms with Gasteiger partial charge in [0.05, 0.1) is 0 Å². The summed E-state index contributed by atoms with van der Waals surface area (Å²) in [5.74, 6) is 1.83. The van der Waals surface area contributed by atoms with E-state index in [1.54, 1.807) is 0 Å². The molecule has 0 heteroatoms. The van der Waals surface area contributed by atoms with Gasteiger partial charge >= 0.3 is 0 Å². The van der Waals surface area contributed by atoms with Crippen molar-refractivity contribution in [3.8, 4) is 0 Å². The summed E-state index contributed by atoms with van der Waals surface area (Å²) in [6, 6.07) is 0. The lowest BCUT2D eigenvalue weighted by atomic mass is 9.85. The first-order chi connectivity index (χ1) is 11.7. The predicted molar refractivity (Wildman–Crippen MR) is 113 cm³/mol. The number of hydrogen-bond acceptors (Lipinski definition) is 0. The van der Waals surface area contributed by atoms with Gasteiger partial charge in [-0.25, -0.2) is 0 Å². The van der Waals surface area contributed by atoms with Crippen LogP contribution in [0.15, 0.2) is 25.3 Å². The first-order valence-corrected chi connectivity index (χ1v) is 10.9. The second-order valence-electron chi connectivity index (χ2n) is 7.98. The van der Waals surface area contributed by atoms with Crippen LogP contribution in [-0.4, -0.2) is 0 Å². The molecule has 0 bridgehead atoms. The molecule has 0 fully saturated rings. The van der Waals surface area contributed by atoms with E-state index in [0.29, 0.717) is 0 Å². The molecule has 0 rings (SSSR count). The molecule has 0 saturated carbocycles. The Morgan fingerprint density at radius 2 is 0.875 bits per heavy atom. The Balaban J connectivity index is 3.50. The lowest BCUT2D eigenvalue weighted by Crippen LogP contribution is -2.08. The van der Waals surface area contributed by atoms with Crippen LogP contribution in [0.3, 0.4) is 0 Å². The summed E-state index contributed by atoms with van der Waals surface area (Å²) >= 11 is 0. The molecule has 0 aliphatic heterocycles. The van der Waals surface area contributed by atoms with E-state index in [9.17, 15) is 0 Å². The number of rotatable bonds is 19. The van der Waals surface area contributed by atoms with E-state index in [2.05, 4.69) is 39.2 Å². The van der Waals surface area contributed by atoms with Crippen LogP contribution in [0.25, 0.3) is 0 Å². The smallest absolute Gasteiger partial charge is 0.0353 e. The van der Waals surface area contributed by atoms with E-state index in [1.165, 1.54) is 103 Å². The SMILES string of the molecule is C=CCCCCCCCCC(CCCCCCCCC=C)C(C)C. The van der Waals surface area contributed by atoms with Crippen molar-refractivity contribution in [3.63, 3.8) is 0 Å². The zero-order valence-electron chi connectivity index (χ0n) is 17.0. The molecule has 0 nitrogen and oxygen atoms in total. The number of hydrogen-bond donors (Lipinski definition) is 0. The fraction of sp³-hybridized carbons (Fsp3) is 0.833. The third kappa shape index (κ3) is 16.3. The summed E-state index contributed by atoms with van der Waals surface area (Å²) in [6.07, 6.45) is 26.4. The van der Waals surface area contributed by atoms with Gasteiger partial charge in [-0.2, -0.15) is 0 Å². The third-order valence-electron chi connectivity index (χ3n) is 5.41. The second kappa shape index (κ2) is 18.8. The molecule has 0 aromatic heterocycles. The van der Waals surface area contributed by atoms with Gasteiger partial charge in [-0.05, 0) is 37.5 Å². The molecule has 0 atom stereocenters. The Kier molecular flexibility index (Phi) is 18.4. The summed E-state index contributed by atoms with van der Waals surface area (Å²) in [6.45, 7) is 12.4.